The Balaban J connectivity index is 1.58. The smallest absolute Gasteiger partial charge is 0.196 e. The van der Waals surface area contributed by atoms with E-state index in [4.69, 9.17) is 10.2 Å². The molecular weight excluding hydrogens is 436 g/mol. The number of hydrogen-bond acceptors (Lipinski definition) is 4. The highest BCUT2D eigenvalue weighted by Crippen LogP contribution is 2.55. The van der Waals surface area contributed by atoms with E-state index in [2.05, 4.69) is 110 Å². The van der Waals surface area contributed by atoms with E-state index in [9.17, 15) is 0 Å². The molecule has 176 valence electrons. The average molecular weight is 471 g/mol. The van der Waals surface area contributed by atoms with Gasteiger partial charge in [-0.05, 0) is 66.5 Å². The molecule has 3 aromatic rings. The molecule has 2 aliphatic rings. The predicted octanol–water partition coefficient (Wildman–Crippen LogP) is 7.20. The van der Waals surface area contributed by atoms with Crippen molar-refractivity contribution in [3.05, 3.63) is 89.8 Å². The average Bonchev–Trinajstić information content (AvgIpc) is 3.56. The van der Waals surface area contributed by atoms with Crippen LogP contribution in [0.5, 0.6) is 0 Å². The van der Waals surface area contributed by atoms with E-state index in [1.165, 1.54) is 23.2 Å². The Hall–Kier alpha value is -2.79. The maximum absolute atomic E-state index is 4.79. The summed E-state index contributed by atoms with van der Waals surface area (Å²) < 4.78 is 2.31. The normalized spacial score (nSPS) is 19.6. The fourth-order valence-corrected chi connectivity index (χ4v) is 6.29. The van der Waals surface area contributed by atoms with Crippen molar-refractivity contribution in [2.24, 2.45) is 11.8 Å². The largest absolute Gasteiger partial charge is 0.378 e. The van der Waals surface area contributed by atoms with Crippen molar-refractivity contribution in [1.82, 2.24) is 14.8 Å². The zero-order valence-electron chi connectivity index (χ0n) is 20.6. The Morgan fingerprint density at radius 1 is 1.00 bits per heavy atom. The lowest BCUT2D eigenvalue weighted by molar-refractivity contribution is 0.586. The number of nitrogens with zero attached hydrogens (tertiary/aromatic N) is 4. The third-order valence-electron chi connectivity index (χ3n) is 7.18. The molecule has 0 aliphatic heterocycles. The number of benzene rings is 2. The van der Waals surface area contributed by atoms with Gasteiger partial charge in [0.15, 0.2) is 5.16 Å². The number of aromatic nitrogens is 3. The first-order chi connectivity index (χ1) is 16.6. The number of anilines is 1. The van der Waals surface area contributed by atoms with Crippen LogP contribution in [0.25, 0.3) is 5.69 Å². The van der Waals surface area contributed by atoms with Crippen molar-refractivity contribution < 1.29 is 0 Å². The van der Waals surface area contributed by atoms with Crippen molar-refractivity contribution in [3.63, 3.8) is 0 Å². The quantitative estimate of drug-likeness (QED) is 0.310. The van der Waals surface area contributed by atoms with E-state index in [-0.39, 0.29) is 5.25 Å². The molecule has 1 saturated carbocycles. The van der Waals surface area contributed by atoms with Crippen molar-refractivity contribution >= 4 is 17.4 Å². The monoisotopic (exact) mass is 470 g/mol. The van der Waals surface area contributed by atoms with Gasteiger partial charge in [0.1, 0.15) is 5.82 Å². The first kappa shape index (κ1) is 23.0. The van der Waals surface area contributed by atoms with Crippen molar-refractivity contribution in [2.45, 2.75) is 49.4 Å². The molecule has 2 aliphatic carbocycles. The predicted molar refractivity (Wildman–Crippen MR) is 143 cm³/mol. The fraction of sp³-hybridized carbons (Fsp3) is 0.379. The standard InChI is InChI=1S/C29H34N4S/c1-5-20(6-2)28-30-31-29(33(28)24-17-15-23(16-18-24)32(3)4)34-27(21-11-8-7-9-12-21)25-14-10-13-22-19-26(22)25/h7-18,20,22,26-27H,5-6,19H2,1-4H3. The third-order valence-corrected chi connectivity index (χ3v) is 8.43. The van der Waals surface area contributed by atoms with Crippen molar-refractivity contribution in [1.29, 1.82) is 0 Å². The first-order valence-electron chi connectivity index (χ1n) is 12.4. The number of fused-ring (bicyclic) bond motifs is 1. The van der Waals surface area contributed by atoms with Gasteiger partial charge in [-0.3, -0.25) is 4.57 Å². The number of allylic oxidation sites excluding steroid dienone is 3. The summed E-state index contributed by atoms with van der Waals surface area (Å²) in [5.74, 6) is 2.83. The molecule has 34 heavy (non-hydrogen) atoms. The van der Waals surface area contributed by atoms with Gasteiger partial charge in [0, 0.05) is 31.4 Å². The van der Waals surface area contributed by atoms with Gasteiger partial charge in [0.25, 0.3) is 0 Å². The summed E-state index contributed by atoms with van der Waals surface area (Å²) in [4.78, 5) is 2.13. The minimum atomic E-state index is 0.236. The second-order valence-corrected chi connectivity index (χ2v) is 10.6. The van der Waals surface area contributed by atoms with E-state index < -0.39 is 0 Å². The maximum atomic E-state index is 4.79. The summed E-state index contributed by atoms with van der Waals surface area (Å²) in [6, 6.07) is 19.7. The molecule has 0 spiro atoms. The molecule has 4 nitrogen and oxygen atoms in total. The van der Waals surface area contributed by atoms with E-state index in [1.807, 2.05) is 11.8 Å². The van der Waals surface area contributed by atoms with Crippen LogP contribution in [0.2, 0.25) is 0 Å². The molecule has 0 saturated heterocycles. The SMILES string of the molecule is CCC(CC)c1nnc(SC(C2=CC=CC3CC23)c2ccccc2)n1-c1ccc(N(C)C)cc1. The van der Waals surface area contributed by atoms with Crippen LogP contribution in [-0.2, 0) is 0 Å². The van der Waals surface area contributed by atoms with E-state index >= 15 is 0 Å². The summed E-state index contributed by atoms with van der Waals surface area (Å²) in [5.41, 5.74) is 5.18. The van der Waals surface area contributed by atoms with Gasteiger partial charge in [-0.15, -0.1) is 10.2 Å². The summed E-state index contributed by atoms with van der Waals surface area (Å²) in [5, 5.41) is 10.8. The lowest BCUT2D eigenvalue weighted by Crippen LogP contribution is -2.11. The van der Waals surface area contributed by atoms with Gasteiger partial charge >= 0.3 is 0 Å². The summed E-state index contributed by atoms with van der Waals surface area (Å²) in [6.07, 6.45) is 10.3. The minimum absolute atomic E-state index is 0.236. The molecule has 2 aromatic carbocycles. The van der Waals surface area contributed by atoms with Crippen molar-refractivity contribution in [2.75, 3.05) is 19.0 Å². The zero-order valence-corrected chi connectivity index (χ0v) is 21.4. The highest BCUT2D eigenvalue weighted by Gasteiger charge is 2.42. The molecule has 3 atom stereocenters. The first-order valence-corrected chi connectivity index (χ1v) is 13.3. The van der Waals surface area contributed by atoms with Crippen LogP contribution in [-0.4, -0.2) is 28.9 Å². The molecule has 3 unspecified atom stereocenters. The van der Waals surface area contributed by atoms with E-state index in [0.29, 0.717) is 17.8 Å². The van der Waals surface area contributed by atoms with Crippen LogP contribution < -0.4 is 4.90 Å². The van der Waals surface area contributed by atoms with Gasteiger partial charge in [-0.1, -0.05) is 74.2 Å². The number of hydrogen-bond donors (Lipinski definition) is 0. The van der Waals surface area contributed by atoms with Crippen LogP contribution in [0.4, 0.5) is 5.69 Å². The second kappa shape index (κ2) is 9.83. The maximum Gasteiger partial charge on any atom is 0.196 e. The van der Waals surface area contributed by atoms with Gasteiger partial charge in [0.05, 0.1) is 5.25 Å². The Morgan fingerprint density at radius 2 is 1.74 bits per heavy atom. The van der Waals surface area contributed by atoms with Gasteiger partial charge < -0.3 is 4.90 Å². The Labute approximate surface area is 207 Å². The molecule has 0 N–H and O–H groups in total. The van der Waals surface area contributed by atoms with Crippen molar-refractivity contribution in [3.8, 4) is 5.69 Å². The Morgan fingerprint density at radius 3 is 2.41 bits per heavy atom. The topological polar surface area (TPSA) is 34.0 Å². The lowest BCUT2D eigenvalue weighted by atomic mass is 9.96. The molecule has 1 heterocycles. The molecular formula is C29H34N4S. The highest BCUT2D eigenvalue weighted by atomic mass is 32.2. The van der Waals surface area contributed by atoms with Crippen LogP contribution in [0.1, 0.15) is 55.7 Å². The third kappa shape index (κ3) is 4.46. The highest BCUT2D eigenvalue weighted by molar-refractivity contribution is 7.99. The number of thioether (sulfide) groups is 1. The molecule has 1 aromatic heterocycles. The zero-order chi connectivity index (χ0) is 23.7. The summed E-state index contributed by atoms with van der Waals surface area (Å²) >= 11 is 1.85. The number of rotatable bonds is 9. The molecule has 0 radical (unpaired) electrons. The van der Waals surface area contributed by atoms with E-state index in [1.54, 1.807) is 0 Å². The van der Waals surface area contributed by atoms with Crippen LogP contribution >= 0.6 is 11.8 Å². The Kier molecular flexibility index (Phi) is 6.64. The molecule has 0 bridgehead atoms. The fourth-order valence-electron chi connectivity index (χ4n) is 5.01. The summed E-state index contributed by atoms with van der Waals surface area (Å²) in [7, 11) is 4.15. The second-order valence-electron chi connectivity index (χ2n) is 9.57. The Bertz CT molecular complexity index is 1170. The molecule has 1 fully saturated rings. The summed E-state index contributed by atoms with van der Waals surface area (Å²) in [6.45, 7) is 4.49. The van der Waals surface area contributed by atoms with Crippen LogP contribution in [0.3, 0.4) is 0 Å². The molecule has 5 heteroatoms. The van der Waals surface area contributed by atoms with Gasteiger partial charge in [-0.25, -0.2) is 0 Å². The lowest BCUT2D eigenvalue weighted by Gasteiger charge is -2.23. The van der Waals surface area contributed by atoms with Crippen LogP contribution in [0, 0.1) is 11.8 Å². The molecule has 0 amide bonds. The minimum Gasteiger partial charge on any atom is -0.378 e. The van der Waals surface area contributed by atoms with Gasteiger partial charge in [0.2, 0.25) is 0 Å². The van der Waals surface area contributed by atoms with Crippen LogP contribution in [0.15, 0.2) is 83.6 Å². The van der Waals surface area contributed by atoms with Gasteiger partial charge in [-0.2, -0.15) is 0 Å². The molecule has 5 rings (SSSR count). The van der Waals surface area contributed by atoms with E-state index in [0.717, 1.165) is 29.5 Å².